The maximum atomic E-state index is 12.4. The van der Waals surface area contributed by atoms with Gasteiger partial charge < -0.3 is 10.2 Å². The monoisotopic (exact) mass is 289 g/mol. The Labute approximate surface area is 125 Å². The summed E-state index contributed by atoms with van der Waals surface area (Å²) in [5.74, 6) is 0.413. The van der Waals surface area contributed by atoms with Crippen molar-refractivity contribution in [2.75, 3.05) is 11.9 Å². The summed E-state index contributed by atoms with van der Waals surface area (Å²) in [6.45, 7) is 8.16. The summed E-state index contributed by atoms with van der Waals surface area (Å²) in [7, 11) is 0. The zero-order valence-corrected chi connectivity index (χ0v) is 13.1. The smallest absolute Gasteiger partial charge is 0.248 e. The number of aromatic nitrogens is 1. The summed E-state index contributed by atoms with van der Waals surface area (Å²) in [4.78, 5) is 30.8. The fourth-order valence-electron chi connectivity index (χ4n) is 2.54. The number of aryl methyl sites for hydroxylation is 1. The Morgan fingerprint density at radius 3 is 2.67 bits per heavy atom. The number of carbonyl (C=O) groups is 2. The van der Waals surface area contributed by atoms with E-state index in [9.17, 15) is 9.59 Å². The number of hydrogen-bond donors (Lipinski definition) is 1. The molecule has 5 heteroatoms. The van der Waals surface area contributed by atoms with Crippen LogP contribution in [-0.4, -0.2) is 34.3 Å². The van der Waals surface area contributed by atoms with Gasteiger partial charge in [0, 0.05) is 17.7 Å². The van der Waals surface area contributed by atoms with E-state index in [4.69, 9.17) is 0 Å². The van der Waals surface area contributed by atoms with Gasteiger partial charge >= 0.3 is 0 Å². The molecule has 0 aliphatic carbocycles. The van der Waals surface area contributed by atoms with Crippen molar-refractivity contribution in [3.05, 3.63) is 23.9 Å². The van der Waals surface area contributed by atoms with E-state index in [0.29, 0.717) is 18.8 Å². The van der Waals surface area contributed by atoms with E-state index in [-0.39, 0.29) is 17.9 Å². The van der Waals surface area contributed by atoms with Crippen LogP contribution in [0.4, 0.5) is 5.82 Å². The fraction of sp³-hybridized carbons (Fsp3) is 0.562. The molecule has 1 saturated heterocycles. The van der Waals surface area contributed by atoms with Crippen LogP contribution in [0.15, 0.2) is 18.2 Å². The number of carbonyl (C=O) groups excluding carboxylic acids is 2. The standard InChI is InChI=1S/C16H23N3O2/c1-11-7-5-9-13(17-11)18-14(20)12-8-6-10-19(12)15(21)16(2,3)4/h5,7,9,12H,6,8,10H2,1-4H3,(H,17,18,20)/t12-/m0/s1. The second kappa shape index (κ2) is 5.84. The van der Waals surface area contributed by atoms with E-state index in [1.807, 2.05) is 39.8 Å². The normalized spacial score (nSPS) is 18.7. The molecule has 1 aliphatic heterocycles. The van der Waals surface area contributed by atoms with Gasteiger partial charge in [-0.25, -0.2) is 4.98 Å². The summed E-state index contributed by atoms with van der Waals surface area (Å²) in [5, 5.41) is 2.82. The van der Waals surface area contributed by atoms with E-state index in [1.54, 1.807) is 11.0 Å². The quantitative estimate of drug-likeness (QED) is 0.909. The molecule has 1 aromatic heterocycles. The Morgan fingerprint density at radius 1 is 1.33 bits per heavy atom. The maximum absolute atomic E-state index is 12.4. The van der Waals surface area contributed by atoms with E-state index in [2.05, 4.69) is 10.3 Å². The molecule has 0 bridgehead atoms. The number of likely N-dealkylation sites (tertiary alicyclic amines) is 1. The third kappa shape index (κ3) is 3.60. The van der Waals surface area contributed by atoms with Crippen molar-refractivity contribution in [1.82, 2.24) is 9.88 Å². The third-order valence-electron chi connectivity index (χ3n) is 3.60. The molecule has 2 amide bonds. The fourth-order valence-corrected chi connectivity index (χ4v) is 2.54. The lowest BCUT2D eigenvalue weighted by molar-refractivity contribution is -0.143. The largest absolute Gasteiger partial charge is 0.330 e. The van der Waals surface area contributed by atoms with Crippen LogP contribution in [-0.2, 0) is 9.59 Å². The molecule has 1 aromatic rings. The van der Waals surface area contributed by atoms with E-state index < -0.39 is 5.41 Å². The van der Waals surface area contributed by atoms with Crippen molar-refractivity contribution in [3.63, 3.8) is 0 Å². The minimum absolute atomic E-state index is 0.0253. The summed E-state index contributed by atoms with van der Waals surface area (Å²) in [6.07, 6.45) is 1.57. The summed E-state index contributed by atoms with van der Waals surface area (Å²) >= 11 is 0. The number of hydrogen-bond acceptors (Lipinski definition) is 3. The van der Waals surface area contributed by atoms with Gasteiger partial charge in [0.25, 0.3) is 0 Å². The predicted molar refractivity (Wildman–Crippen MR) is 81.8 cm³/mol. The van der Waals surface area contributed by atoms with Crippen molar-refractivity contribution in [1.29, 1.82) is 0 Å². The molecule has 114 valence electrons. The highest BCUT2D eigenvalue weighted by molar-refractivity contribution is 5.97. The van der Waals surface area contributed by atoms with Gasteiger partial charge in [-0.2, -0.15) is 0 Å². The zero-order valence-electron chi connectivity index (χ0n) is 13.1. The average molecular weight is 289 g/mol. The molecule has 21 heavy (non-hydrogen) atoms. The van der Waals surface area contributed by atoms with Crippen LogP contribution in [0.2, 0.25) is 0 Å². The number of anilines is 1. The van der Waals surface area contributed by atoms with Crippen molar-refractivity contribution in [2.24, 2.45) is 5.41 Å². The average Bonchev–Trinajstić information content (AvgIpc) is 2.85. The predicted octanol–water partition coefficient (Wildman–Crippen LogP) is 2.37. The van der Waals surface area contributed by atoms with Crippen LogP contribution in [0, 0.1) is 12.3 Å². The minimum atomic E-state index is -0.468. The van der Waals surface area contributed by atoms with E-state index in [1.165, 1.54) is 0 Å². The maximum Gasteiger partial charge on any atom is 0.248 e. The van der Waals surface area contributed by atoms with Gasteiger partial charge in [-0.15, -0.1) is 0 Å². The minimum Gasteiger partial charge on any atom is -0.330 e. The lowest BCUT2D eigenvalue weighted by atomic mass is 9.94. The molecule has 1 fully saturated rings. The number of nitrogens with one attached hydrogen (secondary N) is 1. The van der Waals surface area contributed by atoms with Crippen LogP contribution in [0.3, 0.4) is 0 Å². The van der Waals surface area contributed by atoms with Crippen LogP contribution < -0.4 is 5.32 Å². The number of nitrogens with zero attached hydrogens (tertiary/aromatic N) is 2. The van der Waals surface area contributed by atoms with Crippen LogP contribution >= 0.6 is 0 Å². The number of amides is 2. The molecule has 2 rings (SSSR count). The van der Waals surface area contributed by atoms with E-state index >= 15 is 0 Å². The molecule has 5 nitrogen and oxygen atoms in total. The van der Waals surface area contributed by atoms with Gasteiger partial charge in [-0.05, 0) is 31.9 Å². The highest BCUT2D eigenvalue weighted by Gasteiger charge is 2.38. The second-order valence-corrected chi connectivity index (χ2v) is 6.56. The topological polar surface area (TPSA) is 62.3 Å². The van der Waals surface area contributed by atoms with E-state index in [0.717, 1.165) is 12.1 Å². The molecule has 2 heterocycles. The highest BCUT2D eigenvalue weighted by Crippen LogP contribution is 2.26. The van der Waals surface area contributed by atoms with Gasteiger partial charge in [0.2, 0.25) is 11.8 Å². The molecule has 1 atom stereocenters. The lowest BCUT2D eigenvalue weighted by Crippen LogP contribution is -2.47. The van der Waals surface area contributed by atoms with Gasteiger partial charge in [-0.1, -0.05) is 26.8 Å². The summed E-state index contributed by atoms with van der Waals surface area (Å²) in [6, 6.07) is 5.10. The second-order valence-electron chi connectivity index (χ2n) is 6.56. The van der Waals surface area contributed by atoms with Gasteiger partial charge in [-0.3, -0.25) is 9.59 Å². The highest BCUT2D eigenvalue weighted by atomic mass is 16.2. The Morgan fingerprint density at radius 2 is 2.05 bits per heavy atom. The first kappa shape index (κ1) is 15.5. The molecular formula is C16H23N3O2. The molecule has 0 unspecified atom stereocenters. The summed E-state index contributed by atoms with van der Waals surface area (Å²) < 4.78 is 0. The molecule has 1 N–H and O–H groups in total. The Hall–Kier alpha value is -1.91. The molecule has 0 saturated carbocycles. The first-order valence-electron chi connectivity index (χ1n) is 7.34. The molecule has 1 aliphatic rings. The molecule has 0 spiro atoms. The first-order valence-corrected chi connectivity index (χ1v) is 7.34. The molecular weight excluding hydrogens is 266 g/mol. The van der Waals surface area contributed by atoms with Crippen LogP contribution in [0.5, 0.6) is 0 Å². The Balaban J connectivity index is 2.09. The van der Waals surface area contributed by atoms with Crippen LogP contribution in [0.1, 0.15) is 39.3 Å². The van der Waals surface area contributed by atoms with Gasteiger partial charge in [0.15, 0.2) is 0 Å². The number of rotatable bonds is 2. The van der Waals surface area contributed by atoms with Crippen molar-refractivity contribution >= 4 is 17.6 Å². The first-order chi connectivity index (χ1) is 9.79. The zero-order chi connectivity index (χ0) is 15.6. The van der Waals surface area contributed by atoms with Crippen LogP contribution in [0.25, 0.3) is 0 Å². The number of pyridine rings is 1. The lowest BCUT2D eigenvalue weighted by Gasteiger charge is -2.30. The SMILES string of the molecule is Cc1cccc(NC(=O)[C@@H]2CCCN2C(=O)C(C)(C)C)n1. The molecule has 0 radical (unpaired) electrons. The van der Waals surface area contributed by atoms with Gasteiger partial charge in [0.1, 0.15) is 11.9 Å². The van der Waals surface area contributed by atoms with Crippen molar-refractivity contribution in [3.8, 4) is 0 Å². The Kier molecular flexibility index (Phi) is 4.30. The van der Waals surface area contributed by atoms with Gasteiger partial charge in [0.05, 0.1) is 0 Å². The molecule has 0 aromatic carbocycles. The summed E-state index contributed by atoms with van der Waals surface area (Å²) in [5.41, 5.74) is 0.381. The van der Waals surface area contributed by atoms with Crippen molar-refractivity contribution < 1.29 is 9.59 Å². The van der Waals surface area contributed by atoms with Crippen molar-refractivity contribution in [2.45, 2.75) is 46.6 Å². The Bertz CT molecular complexity index is 549. The third-order valence-corrected chi connectivity index (χ3v) is 3.60.